The Hall–Kier alpha value is -1.01. The van der Waals surface area contributed by atoms with Gasteiger partial charge in [-0.1, -0.05) is 0 Å². The van der Waals surface area contributed by atoms with Crippen molar-refractivity contribution in [2.75, 3.05) is 13.1 Å². The fourth-order valence-corrected chi connectivity index (χ4v) is 1.76. The Morgan fingerprint density at radius 2 is 2.33 bits per heavy atom. The van der Waals surface area contributed by atoms with Crippen molar-refractivity contribution in [3.8, 4) is 12.3 Å². The predicted molar refractivity (Wildman–Crippen MR) is 61.3 cm³/mol. The third kappa shape index (κ3) is 4.85. The number of rotatable bonds is 5. The van der Waals surface area contributed by atoms with Crippen LogP contribution in [0.1, 0.15) is 38.5 Å². The zero-order valence-electron chi connectivity index (χ0n) is 9.22. The van der Waals surface area contributed by atoms with E-state index in [1.54, 1.807) is 0 Å². The minimum absolute atomic E-state index is 0.0123. The number of hydrogen-bond acceptors (Lipinski definition) is 2. The van der Waals surface area contributed by atoms with Crippen molar-refractivity contribution in [3.63, 3.8) is 0 Å². The highest BCUT2D eigenvalue weighted by atomic mass is 16.2. The quantitative estimate of drug-likeness (QED) is 0.524. The second-order valence-electron chi connectivity index (χ2n) is 3.95. The Bertz CT molecular complexity index is 232. The van der Waals surface area contributed by atoms with Gasteiger partial charge in [-0.2, -0.15) is 0 Å². The smallest absolute Gasteiger partial charge is 0.237 e. The van der Waals surface area contributed by atoms with Crippen molar-refractivity contribution in [2.24, 2.45) is 0 Å². The van der Waals surface area contributed by atoms with Crippen LogP contribution >= 0.6 is 0 Å². The van der Waals surface area contributed by atoms with Gasteiger partial charge in [0.15, 0.2) is 0 Å². The monoisotopic (exact) mass is 208 g/mol. The zero-order valence-corrected chi connectivity index (χ0v) is 9.22. The fourth-order valence-electron chi connectivity index (χ4n) is 1.76. The van der Waals surface area contributed by atoms with Crippen LogP contribution < -0.4 is 10.6 Å². The molecule has 0 saturated carbocycles. The Balaban J connectivity index is 2.13. The summed E-state index contributed by atoms with van der Waals surface area (Å²) in [4.78, 5) is 11.5. The molecule has 0 aromatic heterocycles. The van der Waals surface area contributed by atoms with E-state index in [-0.39, 0.29) is 11.9 Å². The molecule has 1 atom stereocenters. The molecule has 2 N–H and O–H groups in total. The summed E-state index contributed by atoms with van der Waals surface area (Å²) in [6, 6.07) is 0.0123. The molecule has 1 fully saturated rings. The maximum Gasteiger partial charge on any atom is 0.237 e. The van der Waals surface area contributed by atoms with Gasteiger partial charge in [0.25, 0.3) is 0 Å². The number of nitrogens with one attached hydrogen (secondary N) is 2. The molecular formula is C12H20N2O. The summed E-state index contributed by atoms with van der Waals surface area (Å²) in [6.07, 6.45) is 11.3. The topological polar surface area (TPSA) is 41.1 Å². The number of hydrogen-bond donors (Lipinski definition) is 2. The highest BCUT2D eigenvalue weighted by Crippen LogP contribution is 2.05. The summed E-state index contributed by atoms with van der Waals surface area (Å²) >= 11 is 0. The summed E-state index contributed by atoms with van der Waals surface area (Å²) < 4.78 is 0. The first-order valence-electron chi connectivity index (χ1n) is 5.79. The highest BCUT2D eigenvalue weighted by molar-refractivity contribution is 5.81. The molecule has 0 bridgehead atoms. The van der Waals surface area contributed by atoms with Crippen LogP contribution in [0.5, 0.6) is 0 Å². The Kier molecular flexibility index (Phi) is 5.87. The molecule has 1 heterocycles. The summed E-state index contributed by atoms with van der Waals surface area (Å²) in [5.74, 6) is 2.77. The van der Waals surface area contributed by atoms with Crippen LogP contribution in [0.3, 0.4) is 0 Å². The first-order chi connectivity index (χ1) is 7.34. The average molecular weight is 208 g/mol. The molecule has 1 rings (SSSR count). The lowest BCUT2D eigenvalue weighted by Gasteiger charge is -2.14. The summed E-state index contributed by atoms with van der Waals surface area (Å²) in [7, 11) is 0. The standard InChI is InChI=1S/C12H20N2O/c1-2-3-4-6-9-13-11-8-5-7-10-14-12(11)15/h1,11,13H,3-10H2,(H,14,15). The Morgan fingerprint density at radius 3 is 3.13 bits per heavy atom. The van der Waals surface area contributed by atoms with E-state index in [0.29, 0.717) is 0 Å². The van der Waals surface area contributed by atoms with Gasteiger partial charge < -0.3 is 10.6 Å². The summed E-state index contributed by atoms with van der Waals surface area (Å²) in [6.45, 7) is 1.72. The lowest BCUT2D eigenvalue weighted by atomic mass is 10.1. The molecule has 0 aromatic rings. The lowest BCUT2D eigenvalue weighted by Crippen LogP contribution is -2.43. The van der Waals surface area contributed by atoms with Crippen molar-refractivity contribution < 1.29 is 4.79 Å². The SMILES string of the molecule is C#CCCCCNC1CCCCNC1=O. The van der Waals surface area contributed by atoms with Crippen LogP contribution in [0, 0.1) is 12.3 Å². The zero-order chi connectivity index (χ0) is 10.9. The maximum absolute atomic E-state index is 11.5. The van der Waals surface area contributed by atoms with Gasteiger partial charge in [-0.25, -0.2) is 0 Å². The number of carbonyl (C=O) groups excluding carboxylic acids is 1. The van der Waals surface area contributed by atoms with Crippen molar-refractivity contribution in [1.29, 1.82) is 0 Å². The van der Waals surface area contributed by atoms with Gasteiger partial charge in [-0.3, -0.25) is 4.79 Å². The third-order valence-electron chi connectivity index (χ3n) is 2.67. The molecule has 1 aliphatic heterocycles. The van der Waals surface area contributed by atoms with E-state index in [1.165, 1.54) is 0 Å². The molecule has 0 spiro atoms. The summed E-state index contributed by atoms with van der Waals surface area (Å²) in [5.41, 5.74) is 0. The van der Waals surface area contributed by atoms with Gasteiger partial charge in [-0.15, -0.1) is 12.3 Å². The number of terminal acetylenes is 1. The molecule has 1 saturated heterocycles. The molecule has 15 heavy (non-hydrogen) atoms. The van der Waals surface area contributed by atoms with Crippen molar-refractivity contribution >= 4 is 5.91 Å². The molecule has 0 aromatic carbocycles. The van der Waals surface area contributed by atoms with Crippen molar-refractivity contribution in [3.05, 3.63) is 0 Å². The second kappa shape index (κ2) is 7.30. The number of carbonyl (C=O) groups is 1. The lowest BCUT2D eigenvalue weighted by molar-refractivity contribution is -0.122. The molecular weight excluding hydrogens is 188 g/mol. The average Bonchev–Trinajstić information content (AvgIpc) is 2.44. The predicted octanol–water partition coefficient (Wildman–Crippen LogP) is 1.05. The Labute approximate surface area is 92.0 Å². The molecule has 1 unspecified atom stereocenters. The minimum atomic E-state index is 0.0123. The van der Waals surface area contributed by atoms with Gasteiger partial charge in [0.1, 0.15) is 0 Å². The molecule has 1 aliphatic rings. The van der Waals surface area contributed by atoms with Crippen LogP contribution in [0.2, 0.25) is 0 Å². The van der Waals surface area contributed by atoms with Crippen LogP contribution in [0.4, 0.5) is 0 Å². The van der Waals surface area contributed by atoms with E-state index in [0.717, 1.165) is 51.6 Å². The minimum Gasteiger partial charge on any atom is -0.355 e. The van der Waals surface area contributed by atoms with Crippen LogP contribution in [-0.2, 0) is 4.79 Å². The highest BCUT2D eigenvalue weighted by Gasteiger charge is 2.18. The van der Waals surface area contributed by atoms with Gasteiger partial charge in [-0.05, 0) is 38.6 Å². The molecule has 3 nitrogen and oxygen atoms in total. The van der Waals surface area contributed by atoms with Gasteiger partial charge >= 0.3 is 0 Å². The first-order valence-corrected chi connectivity index (χ1v) is 5.79. The van der Waals surface area contributed by atoms with E-state index in [9.17, 15) is 4.79 Å². The Morgan fingerprint density at radius 1 is 1.47 bits per heavy atom. The van der Waals surface area contributed by atoms with Gasteiger partial charge in [0.2, 0.25) is 5.91 Å². The van der Waals surface area contributed by atoms with Crippen molar-refractivity contribution in [1.82, 2.24) is 10.6 Å². The number of unbranched alkanes of at least 4 members (excludes halogenated alkanes) is 2. The van der Waals surface area contributed by atoms with Crippen LogP contribution in [-0.4, -0.2) is 25.0 Å². The normalized spacial score (nSPS) is 21.5. The molecule has 1 amide bonds. The largest absolute Gasteiger partial charge is 0.355 e. The third-order valence-corrected chi connectivity index (χ3v) is 2.67. The number of amides is 1. The molecule has 3 heteroatoms. The summed E-state index contributed by atoms with van der Waals surface area (Å²) in [5, 5.41) is 6.20. The maximum atomic E-state index is 11.5. The first kappa shape index (κ1) is 12.1. The molecule has 84 valence electrons. The van der Waals surface area contributed by atoms with E-state index < -0.39 is 0 Å². The van der Waals surface area contributed by atoms with Crippen LogP contribution in [0.15, 0.2) is 0 Å². The van der Waals surface area contributed by atoms with E-state index >= 15 is 0 Å². The van der Waals surface area contributed by atoms with E-state index in [2.05, 4.69) is 16.6 Å². The molecule has 0 aliphatic carbocycles. The van der Waals surface area contributed by atoms with E-state index in [1.807, 2.05) is 0 Å². The van der Waals surface area contributed by atoms with Gasteiger partial charge in [0, 0.05) is 13.0 Å². The van der Waals surface area contributed by atoms with Crippen molar-refractivity contribution in [2.45, 2.75) is 44.6 Å². The van der Waals surface area contributed by atoms with E-state index in [4.69, 9.17) is 6.42 Å². The van der Waals surface area contributed by atoms with Gasteiger partial charge in [0.05, 0.1) is 6.04 Å². The van der Waals surface area contributed by atoms with Crippen LogP contribution in [0.25, 0.3) is 0 Å². The molecule has 0 radical (unpaired) electrons. The fraction of sp³-hybridized carbons (Fsp3) is 0.750. The second-order valence-corrected chi connectivity index (χ2v) is 3.95.